The van der Waals surface area contributed by atoms with Crippen LogP contribution in [0.1, 0.15) is 12.5 Å². The zero-order valence-corrected chi connectivity index (χ0v) is 6.91. The van der Waals surface area contributed by atoms with E-state index in [0.29, 0.717) is 6.42 Å². The average molecular weight is 162 g/mol. The fourth-order valence-corrected chi connectivity index (χ4v) is 1.35. The van der Waals surface area contributed by atoms with Gasteiger partial charge >= 0.3 is 0 Å². The molecule has 0 N–H and O–H groups in total. The van der Waals surface area contributed by atoms with Gasteiger partial charge in [0.05, 0.1) is 0 Å². The Kier molecular flexibility index (Phi) is 1.61. The molecule has 12 heavy (non-hydrogen) atoms. The van der Waals surface area contributed by atoms with Crippen LogP contribution in [-0.4, -0.2) is 11.9 Å². The van der Waals surface area contributed by atoms with Crippen molar-refractivity contribution in [3.05, 3.63) is 29.8 Å². The van der Waals surface area contributed by atoms with E-state index in [2.05, 4.69) is 0 Å². The Labute approximate surface area is 71.2 Å². The quantitative estimate of drug-likeness (QED) is 0.579. The van der Waals surface area contributed by atoms with Crippen molar-refractivity contribution >= 4 is 5.78 Å². The van der Waals surface area contributed by atoms with Crippen LogP contribution in [0.4, 0.5) is 0 Å². The van der Waals surface area contributed by atoms with Gasteiger partial charge in [-0.1, -0.05) is 18.2 Å². The Hall–Kier alpha value is -1.31. The maximum atomic E-state index is 11.2. The lowest BCUT2D eigenvalue weighted by Crippen LogP contribution is -2.30. The van der Waals surface area contributed by atoms with Crippen molar-refractivity contribution < 1.29 is 9.53 Å². The lowest BCUT2D eigenvalue weighted by molar-refractivity contribution is -0.125. The fourth-order valence-electron chi connectivity index (χ4n) is 1.35. The van der Waals surface area contributed by atoms with Crippen molar-refractivity contribution in [2.24, 2.45) is 0 Å². The largest absolute Gasteiger partial charge is 0.483 e. The molecule has 1 aromatic rings. The van der Waals surface area contributed by atoms with Gasteiger partial charge in [0, 0.05) is 12.0 Å². The summed E-state index contributed by atoms with van der Waals surface area (Å²) in [6.07, 6.45) is 0.233. The summed E-state index contributed by atoms with van der Waals surface area (Å²) in [5.74, 6) is 1.01. The Morgan fingerprint density at radius 2 is 2.17 bits per heavy atom. The Bertz CT molecular complexity index is 317. The van der Waals surface area contributed by atoms with Crippen molar-refractivity contribution in [2.75, 3.05) is 0 Å². The average Bonchev–Trinajstić information content (AvgIpc) is 2.07. The van der Waals surface area contributed by atoms with Crippen molar-refractivity contribution in [1.29, 1.82) is 0 Å². The number of rotatable bonds is 0. The molecule has 1 aromatic carbocycles. The summed E-state index contributed by atoms with van der Waals surface area (Å²) in [7, 11) is 0. The number of ketones is 1. The minimum atomic E-state index is -0.278. The van der Waals surface area contributed by atoms with E-state index in [4.69, 9.17) is 4.74 Å². The molecule has 0 radical (unpaired) electrons. The van der Waals surface area contributed by atoms with Gasteiger partial charge in [0.2, 0.25) is 0 Å². The molecule has 0 bridgehead atoms. The van der Waals surface area contributed by atoms with Gasteiger partial charge in [0.15, 0.2) is 11.9 Å². The molecule has 1 aliphatic rings. The molecule has 1 aliphatic heterocycles. The number of carbonyl (C=O) groups is 1. The van der Waals surface area contributed by atoms with E-state index in [1.807, 2.05) is 24.3 Å². The second-order valence-corrected chi connectivity index (χ2v) is 3.01. The van der Waals surface area contributed by atoms with E-state index in [1.54, 1.807) is 6.92 Å². The monoisotopic (exact) mass is 162 g/mol. The van der Waals surface area contributed by atoms with E-state index in [1.165, 1.54) is 0 Å². The molecule has 0 spiro atoms. The lowest BCUT2D eigenvalue weighted by atomic mass is 10.0. The fraction of sp³-hybridized carbons (Fsp3) is 0.300. The van der Waals surface area contributed by atoms with Crippen LogP contribution >= 0.6 is 0 Å². The van der Waals surface area contributed by atoms with Gasteiger partial charge in [0.25, 0.3) is 0 Å². The highest BCUT2D eigenvalue weighted by Gasteiger charge is 2.22. The molecule has 0 saturated heterocycles. The van der Waals surface area contributed by atoms with Crippen molar-refractivity contribution in [2.45, 2.75) is 19.4 Å². The molecule has 62 valence electrons. The molecule has 2 nitrogen and oxygen atoms in total. The highest BCUT2D eigenvalue weighted by atomic mass is 16.5. The van der Waals surface area contributed by atoms with Crippen LogP contribution in [0, 0.1) is 0 Å². The van der Waals surface area contributed by atoms with Crippen LogP contribution in [-0.2, 0) is 11.2 Å². The molecule has 0 aliphatic carbocycles. The third kappa shape index (κ3) is 1.09. The SMILES string of the molecule is C[C@@H]1Oc2ccccc2CC1=O. The second-order valence-electron chi connectivity index (χ2n) is 3.01. The maximum Gasteiger partial charge on any atom is 0.177 e. The first kappa shape index (κ1) is 7.35. The molecule has 0 amide bonds. The van der Waals surface area contributed by atoms with Gasteiger partial charge in [-0.3, -0.25) is 4.79 Å². The van der Waals surface area contributed by atoms with Crippen LogP contribution in [0.25, 0.3) is 0 Å². The van der Waals surface area contributed by atoms with Crippen molar-refractivity contribution in [3.8, 4) is 5.75 Å². The second kappa shape index (κ2) is 2.63. The van der Waals surface area contributed by atoms with Crippen LogP contribution < -0.4 is 4.74 Å². The molecule has 2 heteroatoms. The summed E-state index contributed by atoms with van der Waals surface area (Å²) in [4.78, 5) is 11.2. The molecule has 0 saturated carbocycles. The molecule has 2 rings (SSSR count). The minimum Gasteiger partial charge on any atom is -0.483 e. The van der Waals surface area contributed by atoms with Gasteiger partial charge in [-0.15, -0.1) is 0 Å². The van der Waals surface area contributed by atoms with Gasteiger partial charge in [-0.2, -0.15) is 0 Å². The first-order chi connectivity index (χ1) is 5.77. The summed E-state index contributed by atoms with van der Waals surface area (Å²) >= 11 is 0. The standard InChI is InChI=1S/C10H10O2/c1-7-9(11)6-8-4-2-3-5-10(8)12-7/h2-5,7H,6H2,1H3/t7-/m0/s1. The molecule has 0 unspecified atom stereocenters. The molecule has 0 fully saturated rings. The summed E-state index contributed by atoms with van der Waals surface area (Å²) in [5.41, 5.74) is 1.00. The minimum absolute atomic E-state index is 0.161. The smallest absolute Gasteiger partial charge is 0.177 e. The maximum absolute atomic E-state index is 11.2. The van der Waals surface area contributed by atoms with Crippen molar-refractivity contribution in [3.63, 3.8) is 0 Å². The Morgan fingerprint density at radius 3 is 3.00 bits per heavy atom. The first-order valence-corrected chi connectivity index (χ1v) is 4.04. The number of ether oxygens (including phenoxy) is 1. The normalized spacial score (nSPS) is 21.4. The summed E-state index contributed by atoms with van der Waals surface area (Å²) in [6.45, 7) is 1.79. The number of hydrogen-bond acceptors (Lipinski definition) is 2. The molecule has 1 atom stereocenters. The number of carbonyl (C=O) groups excluding carboxylic acids is 1. The molecular formula is C10H10O2. The number of fused-ring (bicyclic) bond motifs is 1. The first-order valence-electron chi connectivity index (χ1n) is 4.04. The summed E-state index contributed by atoms with van der Waals surface area (Å²) in [5, 5.41) is 0. The Morgan fingerprint density at radius 1 is 1.42 bits per heavy atom. The van der Waals surface area contributed by atoms with E-state index in [-0.39, 0.29) is 11.9 Å². The van der Waals surface area contributed by atoms with Gasteiger partial charge < -0.3 is 4.74 Å². The van der Waals surface area contributed by atoms with E-state index >= 15 is 0 Å². The molecular weight excluding hydrogens is 152 g/mol. The van der Waals surface area contributed by atoms with E-state index in [9.17, 15) is 4.79 Å². The lowest BCUT2D eigenvalue weighted by Gasteiger charge is -2.21. The van der Waals surface area contributed by atoms with Crippen LogP contribution in [0.15, 0.2) is 24.3 Å². The molecule has 0 aromatic heterocycles. The number of benzene rings is 1. The van der Waals surface area contributed by atoms with Gasteiger partial charge in [0.1, 0.15) is 5.75 Å². The number of para-hydroxylation sites is 1. The van der Waals surface area contributed by atoms with E-state index < -0.39 is 0 Å². The third-order valence-corrected chi connectivity index (χ3v) is 2.09. The van der Waals surface area contributed by atoms with Crippen LogP contribution in [0.2, 0.25) is 0 Å². The Balaban J connectivity index is 2.40. The highest BCUT2D eigenvalue weighted by molar-refractivity contribution is 5.87. The summed E-state index contributed by atoms with van der Waals surface area (Å²) in [6, 6.07) is 7.67. The van der Waals surface area contributed by atoms with Crippen LogP contribution in [0.3, 0.4) is 0 Å². The van der Waals surface area contributed by atoms with Crippen LogP contribution in [0.5, 0.6) is 5.75 Å². The number of hydrogen-bond donors (Lipinski definition) is 0. The predicted octanol–water partition coefficient (Wildman–Crippen LogP) is 1.58. The van der Waals surface area contributed by atoms with Crippen molar-refractivity contribution in [1.82, 2.24) is 0 Å². The van der Waals surface area contributed by atoms with Gasteiger partial charge in [-0.25, -0.2) is 0 Å². The summed E-state index contributed by atoms with van der Waals surface area (Å²) < 4.78 is 5.39. The predicted molar refractivity (Wildman–Crippen MR) is 45.2 cm³/mol. The zero-order valence-electron chi connectivity index (χ0n) is 6.91. The topological polar surface area (TPSA) is 26.3 Å². The molecule has 1 heterocycles. The number of Topliss-reactive ketones (excluding diaryl/α,β-unsaturated/α-hetero) is 1. The van der Waals surface area contributed by atoms with Gasteiger partial charge in [-0.05, 0) is 13.0 Å². The zero-order chi connectivity index (χ0) is 8.55. The third-order valence-electron chi connectivity index (χ3n) is 2.09. The highest BCUT2D eigenvalue weighted by Crippen LogP contribution is 2.24. The van der Waals surface area contributed by atoms with E-state index in [0.717, 1.165) is 11.3 Å².